The molecule has 1 aliphatic rings. The predicted octanol–water partition coefficient (Wildman–Crippen LogP) is 1.41. The van der Waals surface area contributed by atoms with Crippen molar-refractivity contribution >= 4 is 0 Å². The summed E-state index contributed by atoms with van der Waals surface area (Å²) in [4.78, 5) is 0. The van der Waals surface area contributed by atoms with Crippen LogP contribution in [-0.2, 0) is 4.74 Å². The van der Waals surface area contributed by atoms with Gasteiger partial charge in [0.15, 0.2) is 0 Å². The highest BCUT2D eigenvalue weighted by atomic mass is 16.5. The maximum absolute atomic E-state index is 8.54. The van der Waals surface area contributed by atoms with Crippen LogP contribution in [0, 0.1) is 11.8 Å². The summed E-state index contributed by atoms with van der Waals surface area (Å²) in [6.45, 7) is 6.87. The SMILES string of the molecule is C[C@@H]1CC(NCCOCCO)C[C@@H](C)C1. The maximum Gasteiger partial charge on any atom is 0.0698 e. The largest absolute Gasteiger partial charge is 0.394 e. The highest BCUT2D eigenvalue weighted by molar-refractivity contribution is 4.79. The molecule has 0 radical (unpaired) electrons. The van der Waals surface area contributed by atoms with Crippen molar-refractivity contribution in [2.75, 3.05) is 26.4 Å². The van der Waals surface area contributed by atoms with E-state index in [1.807, 2.05) is 0 Å². The lowest BCUT2D eigenvalue weighted by atomic mass is 9.80. The molecule has 3 nitrogen and oxygen atoms in total. The Balaban J connectivity index is 2.04. The third-order valence-electron chi connectivity index (χ3n) is 3.09. The minimum atomic E-state index is 0.123. The molecular weight excluding hydrogens is 190 g/mol. The Morgan fingerprint density at radius 3 is 2.40 bits per heavy atom. The van der Waals surface area contributed by atoms with Crippen molar-refractivity contribution in [3.8, 4) is 0 Å². The first kappa shape index (κ1) is 12.9. The van der Waals surface area contributed by atoms with Crippen LogP contribution in [0.4, 0.5) is 0 Å². The molecule has 90 valence electrons. The zero-order valence-corrected chi connectivity index (χ0v) is 10.0. The van der Waals surface area contributed by atoms with E-state index in [-0.39, 0.29) is 6.61 Å². The Bertz CT molecular complexity index is 154. The molecule has 0 bridgehead atoms. The lowest BCUT2D eigenvalue weighted by Gasteiger charge is -2.32. The van der Waals surface area contributed by atoms with Gasteiger partial charge in [0.05, 0.1) is 19.8 Å². The van der Waals surface area contributed by atoms with Crippen molar-refractivity contribution in [2.24, 2.45) is 11.8 Å². The summed E-state index contributed by atoms with van der Waals surface area (Å²) >= 11 is 0. The number of ether oxygens (including phenoxy) is 1. The molecule has 1 saturated carbocycles. The summed E-state index contributed by atoms with van der Waals surface area (Å²) < 4.78 is 5.22. The number of aliphatic hydroxyl groups excluding tert-OH is 1. The van der Waals surface area contributed by atoms with E-state index in [0.29, 0.717) is 19.3 Å². The molecule has 0 aromatic carbocycles. The van der Waals surface area contributed by atoms with Crippen LogP contribution in [0.1, 0.15) is 33.1 Å². The minimum absolute atomic E-state index is 0.123. The molecular formula is C12H25NO2. The molecule has 0 aromatic rings. The molecule has 0 aliphatic heterocycles. The molecule has 15 heavy (non-hydrogen) atoms. The van der Waals surface area contributed by atoms with Crippen LogP contribution in [0.2, 0.25) is 0 Å². The summed E-state index contributed by atoms with van der Waals surface area (Å²) in [6.07, 6.45) is 3.97. The fourth-order valence-electron chi connectivity index (χ4n) is 2.62. The Kier molecular flexibility index (Phi) is 6.22. The topological polar surface area (TPSA) is 41.5 Å². The quantitative estimate of drug-likeness (QED) is 0.658. The van der Waals surface area contributed by atoms with Gasteiger partial charge in [-0.25, -0.2) is 0 Å². The first-order valence-corrected chi connectivity index (χ1v) is 6.14. The van der Waals surface area contributed by atoms with Gasteiger partial charge in [-0.3, -0.25) is 0 Å². The van der Waals surface area contributed by atoms with E-state index in [2.05, 4.69) is 19.2 Å². The van der Waals surface area contributed by atoms with Crippen molar-refractivity contribution in [2.45, 2.75) is 39.2 Å². The normalized spacial score (nSPS) is 31.8. The highest BCUT2D eigenvalue weighted by Gasteiger charge is 2.22. The van der Waals surface area contributed by atoms with Gasteiger partial charge in [0.25, 0.3) is 0 Å². The van der Waals surface area contributed by atoms with Crippen molar-refractivity contribution in [1.29, 1.82) is 0 Å². The molecule has 0 amide bonds. The molecule has 0 heterocycles. The van der Waals surface area contributed by atoms with Gasteiger partial charge in [-0.2, -0.15) is 0 Å². The Hall–Kier alpha value is -0.120. The molecule has 1 aliphatic carbocycles. The zero-order valence-electron chi connectivity index (χ0n) is 10.0. The summed E-state index contributed by atoms with van der Waals surface area (Å²) in [5.41, 5.74) is 0. The van der Waals surface area contributed by atoms with E-state index in [9.17, 15) is 0 Å². The highest BCUT2D eigenvalue weighted by Crippen LogP contribution is 2.28. The zero-order chi connectivity index (χ0) is 11.1. The van der Waals surface area contributed by atoms with Crippen molar-refractivity contribution in [3.05, 3.63) is 0 Å². The summed E-state index contributed by atoms with van der Waals surface area (Å²) in [7, 11) is 0. The second kappa shape index (κ2) is 7.20. The van der Waals surface area contributed by atoms with Gasteiger partial charge in [-0.05, 0) is 31.1 Å². The van der Waals surface area contributed by atoms with Crippen molar-refractivity contribution in [3.63, 3.8) is 0 Å². The Labute approximate surface area is 93.2 Å². The minimum Gasteiger partial charge on any atom is -0.394 e. The van der Waals surface area contributed by atoms with E-state index >= 15 is 0 Å². The van der Waals surface area contributed by atoms with E-state index in [1.165, 1.54) is 19.3 Å². The lowest BCUT2D eigenvalue weighted by Crippen LogP contribution is -2.38. The van der Waals surface area contributed by atoms with E-state index in [1.54, 1.807) is 0 Å². The number of hydrogen-bond donors (Lipinski definition) is 2. The van der Waals surface area contributed by atoms with Gasteiger partial charge in [0.1, 0.15) is 0 Å². The van der Waals surface area contributed by atoms with Gasteiger partial charge in [-0.1, -0.05) is 13.8 Å². The molecule has 0 aromatic heterocycles. The second-order valence-electron chi connectivity index (χ2n) is 4.90. The van der Waals surface area contributed by atoms with E-state index < -0.39 is 0 Å². The average molecular weight is 215 g/mol. The van der Waals surface area contributed by atoms with Crippen molar-refractivity contribution in [1.82, 2.24) is 5.32 Å². The van der Waals surface area contributed by atoms with E-state index in [4.69, 9.17) is 9.84 Å². The molecule has 0 saturated heterocycles. The Morgan fingerprint density at radius 1 is 1.13 bits per heavy atom. The van der Waals surface area contributed by atoms with E-state index in [0.717, 1.165) is 18.4 Å². The number of nitrogens with one attached hydrogen (secondary N) is 1. The second-order valence-corrected chi connectivity index (χ2v) is 4.90. The first-order chi connectivity index (χ1) is 7.22. The van der Waals surface area contributed by atoms with Crippen LogP contribution >= 0.6 is 0 Å². The van der Waals surface area contributed by atoms with Gasteiger partial charge < -0.3 is 15.2 Å². The summed E-state index contributed by atoms with van der Waals surface area (Å²) in [5.74, 6) is 1.70. The molecule has 1 fully saturated rings. The third-order valence-corrected chi connectivity index (χ3v) is 3.09. The van der Waals surface area contributed by atoms with Crippen LogP contribution in [-0.4, -0.2) is 37.5 Å². The monoisotopic (exact) mass is 215 g/mol. The molecule has 2 N–H and O–H groups in total. The van der Waals surface area contributed by atoms with Crippen molar-refractivity contribution < 1.29 is 9.84 Å². The third kappa shape index (κ3) is 5.50. The molecule has 0 unspecified atom stereocenters. The van der Waals surface area contributed by atoms with Gasteiger partial charge in [-0.15, -0.1) is 0 Å². The maximum atomic E-state index is 8.54. The summed E-state index contributed by atoms with van der Waals surface area (Å²) in [5, 5.41) is 12.1. The average Bonchev–Trinajstić information content (AvgIpc) is 2.16. The smallest absolute Gasteiger partial charge is 0.0698 e. The molecule has 1 rings (SSSR count). The van der Waals surface area contributed by atoms with Gasteiger partial charge >= 0.3 is 0 Å². The van der Waals surface area contributed by atoms with Crippen LogP contribution in [0.5, 0.6) is 0 Å². The van der Waals surface area contributed by atoms with Gasteiger partial charge in [0.2, 0.25) is 0 Å². The van der Waals surface area contributed by atoms with Crippen LogP contribution in [0.3, 0.4) is 0 Å². The fraction of sp³-hybridized carbons (Fsp3) is 1.00. The van der Waals surface area contributed by atoms with Crippen LogP contribution in [0.25, 0.3) is 0 Å². The lowest BCUT2D eigenvalue weighted by molar-refractivity contribution is 0.0903. The summed E-state index contributed by atoms with van der Waals surface area (Å²) in [6, 6.07) is 0.668. The number of rotatable bonds is 6. The van der Waals surface area contributed by atoms with Gasteiger partial charge in [0, 0.05) is 12.6 Å². The molecule has 2 atom stereocenters. The Morgan fingerprint density at radius 2 is 1.80 bits per heavy atom. The molecule has 3 heteroatoms. The first-order valence-electron chi connectivity index (χ1n) is 6.14. The number of hydrogen-bond acceptors (Lipinski definition) is 3. The standard InChI is InChI=1S/C12H25NO2/c1-10-7-11(2)9-12(8-10)13-3-5-15-6-4-14/h10-14H,3-9H2,1-2H3/t10-,11-/m0/s1. The fourth-order valence-corrected chi connectivity index (χ4v) is 2.62. The van der Waals surface area contributed by atoms with Crippen LogP contribution in [0.15, 0.2) is 0 Å². The predicted molar refractivity (Wildman–Crippen MR) is 61.9 cm³/mol. The van der Waals surface area contributed by atoms with Crippen LogP contribution < -0.4 is 5.32 Å². The molecule has 0 spiro atoms. The number of aliphatic hydroxyl groups is 1.